The minimum Gasteiger partial charge on any atom is -0.466 e. The highest BCUT2D eigenvalue weighted by Crippen LogP contribution is 2.40. The Morgan fingerprint density at radius 2 is 1.97 bits per heavy atom. The van der Waals surface area contributed by atoms with Gasteiger partial charge in [-0.15, -0.1) is 0 Å². The predicted molar refractivity (Wildman–Crippen MR) is 113 cm³/mol. The molecule has 5 nitrogen and oxygen atoms in total. The fourth-order valence-electron chi connectivity index (χ4n) is 3.82. The molecule has 0 bridgehead atoms. The lowest BCUT2D eigenvalue weighted by Crippen LogP contribution is -2.35. The van der Waals surface area contributed by atoms with Gasteiger partial charge in [0.05, 0.1) is 12.5 Å². The number of aromatic nitrogens is 1. The van der Waals surface area contributed by atoms with E-state index in [-0.39, 0.29) is 23.7 Å². The Morgan fingerprint density at radius 3 is 2.76 bits per heavy atom. The van der Waals surface area contributed by atoms with Gasteiger partial charge in [0.25, 0.3) is 5.91 Å². The maximum atomic E-state index is 13.3. The summed E-state index contributed by atoms with van der Waals surface area (Å²) in [6, 6.07) is 17.9. The van der Waals surface area contributed by atoms with Gasteiger partial charge in [0.1, 0.15) is 0 Å². The molecule has 1 aliphatic rings. The second-order valence-electron chi connectivity index (χ2n) is 7.62. The van der Waals surface area contributed by atoms with Crippen molar-refractivity contribution in [3.63, 3.8) is 0 Å². The molecule has 0 spiro atoms. The monoisotopic (exact) mass is 390 g/mol. The highest BCUT2D eigenvalue weighted by molar-refractivity contribution is 5.98. The fraction of sp³-hybridized carbons (Fsp3) is 0.333. The number of amides is 1. The molecule has 1 aliphatic carbocycles. The van der Waals surface area contributed by atoms with Gasteiger partial charge in [0, 0.05) is 35.8 Å². The van der Waals surface area contributed by atoms with Crippen LogP contribution in [0.3, 0.4) is 0 Å². The number of hydrogen-bond donors (Lipinski definition) is 1. The average molecular weight is 390 g/mol. The fourth-order valence-corrected chi connectivity index (χ4v) is 3.82. The van der Waals surface area contributed by atoms with Crippen LogP contribution in [0.2, 0.25) is 0 Å². The summed E-state index contributed by atoms with van der Waals surface area (Å²) in [7, 11) is 0. The highest BCUT2D eigenvalue weighted by Gasteiger charge is 2.45. The number of esters is 1. The van der Waals surface area contributed by atoms with Gasteiger partial charge >= 0.3 is 5.97 Å². The number of H-pyrrole nitrogens is 1. The van der Waals surface area contributed by atoms with Crippen LogP contribution in [-0.4, -0.2) is 41.5 Å². The van der Waals surface area contributed by atoms with Crippen LogP contribution in [0.4, 0.5) is 0 Å². The van der Waals surface area contributed by atoms with Crippen LogP contribution in [0.1, 0.15) is 29.3 Å². The van der Waals surface area contributed by atoms with Gasteiger partial charge in [-0.1, -0.05) is 30.3 Å². The average Bonchev–Trinajstić information content (AvgIpc) is 3.36. The van der Waals surface area contributed by atoms with Crippen molar-refractivity contribution in [3.8, 4) is 0 Å². The predicted octanol–water partition coefficient (Wildman–Crippen LogP) is 4.05. The molecule has 2 atom stereocenters. The third-order valence-corrected chi connectivity index (χ3v) is 5.57. The number of ether oxygens (including phenoxy) is 1. The molecule has 5 heteroatoms. The largest absolute Gasteiger partial charge is 0.466 e. The number of aromatic amines is 1. The molecule has 1 N–H and O–H groups in total. The summed E-state index contributed by atoms with van der Waals surface area (Å²) in [6.07, 6.45) is 3.46. The molecular weight excluding hydrogens is 364 g/mol. The Balaban J connectivity index is 1.49. The van der Waals surface area contributed by atoms with Crippen LogP contribution in [0.5, 0.6) is 0 Å². The molecule has 1 fully saturated rings. The van der Waals surface area contributed by atoms with Crippen molar-refractivity contribution in [3.05, 3.63) is 71.9 Å². The zero-order valence-corrected chi connectivity index (χ0v) is 16.6. The summed E-state index contributed by atoms with van der Waals surface area (Å²) in [4.78, 5) is 30.4. The van der Waals surface area contributed by atoms with E-state index in [0.29, 0.717) is 25.3 Å². The SMILES string of the molecule is CCOC(=O)[C@@H]1C[C@H]1CN(CCc1ccccc1)C(=O)c1ccc2[nH]ccc2c1. The smallest absolute Gasteiger partial charge is 0.309 e. The number of nitrogens with zero attached hydrogens (tertiary/aromatic N) is 1. The Hall–Kier alpha value is -3.08. The van der Waals surface area contributed by atoms with E-state index in [1.165, 1.54) is 5.56 Å². The molecule has 0 radical (unpaired) electrons. The first-order valence-electron chi connectivity index (χ1n) is 10.2. The molecule has 0 aliphatic heterocycles. The van der Waals surface area contributed by atoms with Crippen LogP contribution in [0.25, 0.3) is 10.9 Å². The van der Waals surface area contributed by atoms with Gasteiger partial charge in [-0.05, 0) is 55.5 Å². The summed E-state index contributed by atoms with van der Waals surface area (Å²) in [5.74, 6) is -0.0147. The van der Waals surface area contributed by atoms with Crippen molar-refractivity contribution in [1.29, 1.82) is 0 Å². The topological polar surface area (TPSA) is 62.4 Å². The van der Waals surface area contributed by atoms with E-state index in [4.69, 9.17) is 4.74 Å². The molecule has 2 aromatic carbocycles. The molecule has 150 valence electrons. The number of benzene rings is 2. The van der Waals surface area contributed by atoms with E-state index >= 15 is 0 Å². The van der Waals surface area contributed by atoms with Crippen molar-refractivity contribution in [2.75, 3.05) is 19.7 Å². The van der Waals surface area contributed by atoms with Crippen molar-refractivity contribution in [2.24, 2.45) is 11.8 Å². The number of nitrogens with one attached hydrogen (secondary N) is 1. The Bertz CT molecular complexity index is 996. The van der Waals surface area contributed by atoms with Crippen LogP contribution >= 0.6 is 0 Å². The van der Waals surface area contributed by atoms with Crippen LogP contribution < -0.4 is 0 Å². The number of rotatable bonds is 8. The molecular formula is C24H26N2O3. The first kappa shape index (κ1) is 19.2. The molecule has 1 heterocycles. The third kappa shape index (κ3) is 4.50. The molecule has 1 saturated carbocycles. The Morgan fingerprint density at radius 1 is 1.14 bits per heavy atom. The van der Waals surface area contributed by atoms with E-state index in [0.717, 1.165) is 23.7 Å². The number of carbonyl (C=O) groups is 2. The first-order chi connectivity index (χ1) is 14.2. The summed E-state index contributed by atoms with van der Waals surface area (Å²) < 4.78 is 5.15. The first-order valence-corrected chi connectivity index (χ1v) is 10.2. The minimum atomic E-state index is -0.137. The van der Waals surface area contributed by atoms with Gasteiger partial charge in [-0.25, -0.2) is 0 Å². The second-order valence-corrected chi connectivity index (χ2v) is 7.62. The van der Waals surface area contributed by atoms with E-state index in [2.05, 4.69) is 17.1 Å². The lowest BCUT2D eigenvalue weighted by atomic mass is 10.1. The van der Waals surface area contributed by atoms with E-state index < -0.39 is 0 Å². The van der Waals surface area contributed by atoms with E-state index in [1.54, 1.807) is 0 Å². The van der Waals surface area contributed by atoms with Crippen molar-refractivity contribution < 1.29 is 14.3 Å². The van der Waals surface area contributed by atoms with Crippen molar-refractivity contribution in [2.45, 2.75) is 19.8 Å². The van der Waals surface area contributed by atoms with Gasteiger partial charge in [0.2, 0.25) is 0 Å². The number of hydrogen-bond acceptors (Lipinski definition) is 3. The van der Waals surface area contributed by atoms with Crippen molar-refractivity contribution >= 4 is 22.8 Å². The summed E-state index contributed by atoms with van der Waals surface area (Å²) in [6.45, 7) is 3.43. The normalized spacial score (nSPS) is 17.8. The highest BCUT2D eigenvalue weighted by atomic mass is 16.5. The quantitative estimate of drug-likeness (QED) is 0.590. The molecule has 1 aromatic heterocycles. The zero-order valence-electron chi connectivity index (χ0n) is 16.6. The lowest BCUT2D eigenvalue weighted by molar-refractivity contribution is -0.145. The minimum absolute atomic E-state index is 0.0125. The maximum Gasteiger partial charge on any atom is 0.309 e. The Kier molecular flexibility index (Phi) is 5.65. The van der Waals surface area contributed by atoms with Gasteiger partial charge in [-0.2, -0.15) is 0 Å². The van der Waals surface area contributed by atoms with Crippen molar-refractivity contribution in [1.82, 2.24) is 9.88 Å². The third-order valence-electron chi connectivity index (χ3n) is 5.57. The van der Waals surface area contributed by atoms with Gasteiger partial charge in [-0.3, -0.25) is 9.59 Å². The zero-order chi connectivity index (χ0) is 20.2. The summed E-state index contributed by atoms with van der Waals surface area (Å²) in [5, 5.41) is 1.02. The number of carbonyl (C=O) groups excluding carboxylic acids is 2. The molecule has 4 rings (SSSR count). The molecule has 0 unspecified atom stereocenters. The molecule has 1 amide bonds. The van der Waals surface area contributed by atoms with Crippen LogP contribution in [-0.2, 0) is 16.0 Å². The van der Waals surface area contributed by atoms with Gasteiger partial charge in [0.15, 0.2) is 0 Å². The standard InChI is InChI=1S/C24H26N2O3/c1-2-29-24(28)21-15-20(21)16-26(13-11-17-6-4-3-5-7-17)23(27)19-8-9-22-18(14-19)10-12-25-22/h3-10,12,14,20-21,25H,2,11,13,15-16H2,1H3/t20-,21+/m0/s1. The molecule has 0 saturated heterocycles. The molecule has 3 aromatic rings. The second kappa shape index (κ2) is 8.52. The maximum absolute atomic E-state index is 13.3. The van der Waals surface area contributed by atoms with Crippen LogP contribution in [0, 0.1) is 11.8 Å². The van der Waals surface area contributed by atoms with Crippen LogP contribution in [0.15, 0.2) is 60.8 Å². The van der Waals surface area contributed by atoms with E-state index in [9.17, 15) is 9.59 Å². The number of fused-ring (bicyclic) bond motifs is 1. The molecule has 29 heavy (non-hydrogen) atoms. The summed E-state index contributed by atoms with van der Waals surface area (Å²) in [5.41, 5.74) is 2.89. The van der Waals surface area contributed by atoms with Gasteiger partial charge < -0.3 is 14.6 Å². The summed E-state index contributed by atoms with van der Waals surface area (Å²) >= 11 is 0. The van der Waals surface area contributed by atoms with E-state index in [1.807, 2.05) is 60.5 Å². The lowest BCUT2D eigenvalue weighted by Gasteiger charge is -2.23. The Labute approximate surface area is 170 Å².